The first-order valence-electron chi connectivity index (χ1n) is 4.96. The molecule has 6 heteroatoms. The lowest BCUT2D eigenvalue weighted by molar-refractivity contribution is -0.137. The highest BCUT2D eigenvalue weighted by Crippen LogP contribution is 2.33. The van der Waals surface area contributed by atoms with E-state index < -0.39 is 23.7 Å². The molecule has 1 atom stereocenters. The van der Waals surface area contributed by atoms with E-state index in [1.807, 2.05) is 0 Å². The average molecular weight is 276 g/mol. The van der Waals surface area contributed by atoms with E-state index in [9.17, 15) is 22.7 Å². The Labute approximate surface area is 104 Å². The van der Waals surface area contributed by atoms with Gasteiger partial charge in [-0.25, -0.2) is 4.39 Å². The smallest absolute Gasteiger partial charge is 0.384 e. The van der Waals surface area contributed by atoms with E-state index in [0.717, 1.165) is 12.1 Å². The molecule has 0 spiro atoms. The number of alkyl halides is 3. The fourth-order valence-corrected chi connectivity index (χ4v) is 2.24. The summed E-state index contributed by atoms with van der Waals surface area (Å²) in [6.07, 6.45) is -5.89. The highest BCUT2D eigenvalue weighted by atomic mass is 32.1. The van der Waals surface area contributed by atoms with Crippen molar-refractivity contribution in [2.24, 2.45) is 0 Å². The van der Waals surface area contributed by atoms with E-state index in [-0.39, 0.29) is 5.56 Å². The fraction of sp³-hybridized carbons (Fsp3) is 0.167. The van der Waals surface area contributed by atoms with Crippen LogP contribution in [0.2, 0.25) is 0 Å². The first-order valence-corrected chi connectivity index (χ1v) is 5.90. The summed E-state index contributed by atoms with van der Waals surface area (Å²) in [7, 11) is 0. The van der Waals surface area contributed by atoms with E-state index in [2.05, 4.69) is 0 Å². The van der Waals surface area contributed by atoms with Crippen LogP contribution in [0.5, 0.6) is 0 Å². The van der Waals surface area contributed by atoms with Gasteiger partial charge in [0.2, 0.25) is 0 Å². The van der Waals surface area contributed by atoms with Gasteiger partial charge in [0.25, 0.3) is 0 Å². The Balaban J connectivity index is 2.43. The predicted octanol–water partition coefficient (Wildman–Crippen LogP) is 3.99. The SMILES string of the molecule is OC(c1ccsc1)c1cc(F)cc(C(F)(F)F)c1. The van der Waals surface area contributed by atoms with Gasteiger partial charge >= 0.3 is 6.18 Å². The molecule has 96 valence electrons. The van der Waals surface area contributed by atoms with E-state index in [4.69, 9.17) is 0 Å². The molecule has 0 radical (unpaired) electrons. The summed E-state index contributed by atoms with van der Waals surface area (Å²) >= 11 is 1.30. The predicted molar refractivity (Wildman–Crippen MR) is 59.8 cm³/mol. The summed E-state index contributed by atoms with van der Waals surface area (Å²) in [6.45, 7) is 0. The van der Waals surface area contributed by atoms with E-state index in [1.165, 1.54) is 11.3 Å². The molecule has 0 amide bonds. The van der Waals surface area contributed by atoms with Crippen LogP contribution in [0.15, 0.2) is 35.0 Å². The zero-order valence-electron chi connectivity index (χ0n) is 8.91. The number of benzene rings is 1. The van der Waals surface area contributed by atoms with Gasteiger partial charge in [0.1, 0.15) is 11.9 Å². The number of thiophene rings is 1. The minimum Gasteiger partial charge on any atom is -0.384 e. The average Bonchev–Trinajstić information content (AvgIpc) is 2.79. The van der Waals surface area contributed by atoms with Crippen molar-refractivity contribution < 1.29 is 22.7 Å². The van der Waals surface area contributed by atoms with Crippen LogP contribution in [0.1, 0.15) is 22.8 Å². The molecule has 0 fully saturated rings. The Morgan fingerprint density at radius 3 is 2.39 bits per heavy atom. The van der Waals surface area contributed by atoms with Gasteiger partial charge in [0.15, 0.2) is 0 Å². The van der Waals surface area contributed by atoms with Gasteiger partial charge in [0.05, 0.1) is 5.56 Å². The molecule has 0 aliphatic heterocycles. The zero-order valence-corrected chi connectivity index (χ0v) is 9.73. The number of hydrogen-bond donors (Lipinski definition) is 1. The van der Waals surface area contributed by atoms with Gasteiger partial charge in [0, 0.05) is 0 Å². The third-order valence-corrected chi connectivity index (χ3v) is 3.12. The molecular weight excluding hydrogens is 268 g/mol. The molecule has 0 aliphatic rings. The second-order valence-corrected chi connectivity index (χ2v) is 4.51. The number of rotatable bonds is 2. The Morgan fingerprint density at radius 1 is 1.11 bits per heavy atom. The van der Waals surface area contributed by atoms with Crippen molar-refractivity contribution >= 4 is 11.3 Å². The first kappa shape index (κ1) is 13.0. The Kier molecular flexibility index (Phi) is 3.41. The van der Waals surface area contributed by atoms with Crippen LogP contribution >= 0.6 is 11.3 Å². The minimum absolute atomic E-state index is 0.110. The lowest BCUT2D eigenvalue weighted by Gasteiger charge is -2.13. The van der Waals surface area contributed by atoms with Gasteiger partial charge in [-0.15, -0.1) is 0 Å². The lowest BCUT2D eigenvalue weighted by Crippen LogP contribution is -2.08. The first-order chi connectivity index (χ1) is 8.38. The van der Waals surface area contributed by atoms with Crippen molar-refractivity contribution in [3.8, 4) is 0 Å². The quantitative estimate of drug-likeness (QED) is 0.822. The van der Waals surface area contributed by atoms with Crippen molar-refractivity contribution in [1.29, 1.82) is 0 Å². The molecule has 1 heterocycles. The minimum atomic E-state index is -4.63. The van der Waals surface area contributed by atoms with Crippen molar-refractivity contribution in [3.63, 3.8) is 0 Å². The number of aliphatic hydroxyl groups excluding tert-OH is 1. The van der Waals surface area contributed by atoms with Crippen molar-refractivity contribution in [1.82, 2.24) is 0 Å². The van der Waals surface area contributed by atoms with Gasteiger partial charge < -0.3 is 5.11 Å². The number of hydrogen-bond acceptors (Lipinski definition) is 2. The molecule has 0 aliphatic carbocycles. The van der Waals surface area contributed by atoms with E-state index in [0.29, 0.717) is 11.6 Å². The van der Waals surface area contributed by atoms with Gasteiger partial charge in [-0.2, -0.15) is 24.5 Å². The van der Waals surface area contributed by atoms with Crippen LogP contribution < -0.4 is 0 Å². The lowest BCUT2D eigenvalue weighted by atomic mass is 10.0. The monoisotopic (exact) mass is 276 g/mol. The molecule has 1 aromatic carbocycles. The van der Waals surface area contributed by atoms with Crippen LogP contribution in [-0.2, 0) is 6.18 Å². The molecule has 0 bridgehead atoms. The van der Waals surface area contributed by atoms with Crippen LogP contribution in [0.4, 0.5) is 17.6 Å². The second kappa shape index (κ2) is 4.70. The molecule has 2 aromatic rings. The summed E-state index contributed by atoms with van der Waals surface area (Å²) in [5, 5.41) is 13.2. The Morgan fingerprint density at radius 2 is 1.83 bits per heavy atom. The third kappa shape index (κ3) is 2.70. The molecule has 0 saturated heterocycles. The topological polar surface area (TPSA) is 20.2 Å². The second-order valence-electron chi connectivity index (χ2n) is 3.73. The molecule has 1 unspecified atom stereocenters. The third-order valence-electron chi connectivity index (χ3n) is 2.42. The molecule has 0 saturated carbocycles. The maximum atomic E-state index is 13.2. The van der Waals surface area contributed by atoms with E-state index in [1.54, 1.807) is 16.8 Å². The maximum Gasteiger partial charge on any atom is 0.416 e. The summed E-state index contributed by atoms with van der Waals surface area (Å²) in [5.41, 5.74) is -0.772. The van der Waals surface area contributed by atoms with Crippen LogP contribution in [-0.4, -0.2) is 5.11 Å². The Hall–Kier alpha value is -1.40. The normalized spacial score (nSPS) is 13.6. The molecular formula is C12H8F4OS. The molecule has 2 rings (SSSR count). The molecule has 1 aromatic heterocycles. The van der Waals surface area contributed by atoms with Crippen LogP contribution in [0, 0.1) is 5.82 Å². The Bertz CT molecular complexity index is 534. The van der Waals surface area contributed by atoms with Gasteiger partial charge in [-0.3, -0.25) is 0 Å². The van der Waals surface area contributed by atoms with Crippen molar-refractivity contribution in [2.75, 3.05) is 0 Å². The standard InChI is InChI=1S/C12H8F4OS/c13-10-4-8(3-9(5-10)12(14,15)16)11(17)7-1-2-18-6-7/h1-6,11,17H. The summed E-state index contributed by atoms with van der Waals surface area (Å²) in [4.78, 5) is 0. The summed E-state index contributed by atoms with van der Waals surface area (Å²) < 4.78 is 50.7. The highest BCUT2D eigenvalue weighted by molar-refractivity contribution is 7.07. The van der Waals surface area contributed by atoms with Crippen molar-refractivity contribution in [3.05, 3.63) is 57.5 Å². The number of halogens is 4. The fourth-order valence-electron chi connectivity index (χ4n) is 1.56. The largest absolute Gasteiger partial charge is 0.416 e. The molecule has 18 heavy (non-hydrogen) atoms. The van der Waals surface area contributed by atoms with Gasteiger partial charge in [-0.05, 0) is 46.2 Å². The highest BCUT2D eigenvalue weighted by Gasteiger charge is 2.32. The maximum absolute atomic E-state index is 13.2. The van der Waals surface area contributed by atoms with Gasteiger partial charge in [-0.1, -0.05) is 0 Å². The van der Waals surface area contributed by atoms with Crippen LogP contribution in [0.3, 0.4) is 0 Å². The summed E-state index contributed by atoms with van der Waals surface area (Å²) in [6, 6.07) is 3.64. The molecule has 1 N–H and O–H groups in total. The zero-order chi connectivity index (χ0) is 13.3. The molecule has 1 nitrogen and oxygen atoms in total. The van der Waals surface area contributed by atoms with Crippen molar-refractivity contribution in [2.45, 2.75) is 12.3 Å². The summed E-state index contributed by atoms with van der Waals surface area (Å²) in [5.74, 6) is -1.02. The van der Waals surface area contributed by atoms with E-state index >= 15 is 0 Å². The van der Waals surface area contributed by atoms with Crippen LogP contribution in [0.25, 0.3) is 0 Å². The number of aliphatic hydroxyl groups is 1.